The van der Waals surface area contributed by atoms with Gasteiger partial charge in [-0.05, 0) is 50.3 Å². The molecule has 0 bridgehead atoms. The second kappa shape index (κ2) is 8.80. The van der Waals surface area contributed by atoms with Crippen molar-refractivity contribution in [2.45, 2.75) is 51.3 Å². The summed E-state index contributed by atoms with van der Waals surface area (Å²) >= 11 is 0. The molecule has 0 radical (unpaired) electrons. The van der Waals surface area contributed by atoms with Gasteiger partial charge in [0.25, 0.3) is 0 Å². The lowest BCUT2D eigenvalue weighted by molar-refractivity contribution is 0.120. The summed E-state index contributed by atoms with van der Waals surface area (Å²) in [5.74, 6) is 0.433. The summed E-state index contributed by atoms with van der Waals surface area (Å²) in [6, 6.07) is 5.45. The summed E-state index contributed by atoms with van der Waals surface area (Å²) in [5, 5.41) is 16.3. The van der Waals surface area contributed by atoms with Crippen molar-refractivity contribution in [3.05, 3.63) is 48.3 Å². The van der Waals surface area contributed by atoms with Gasteiger partial charge in [0.15, 0.2) is 5.96 Å². The summed E-state index contributed by atoms with van der Waals surface area (Å²) in [5.41, 5.74) is 1.28. The van der Waals surface area contributed by atoms with E-state index in [1.165, 1.54) is 6.07 Å². The van der Waals surface area contributed by atoms with Gasteiger partial charge in [0.1, 0.15) is 5.82 Å². The zero-order chi connectivity index (χ0) is 18.4. The molecule has 0 atom stereocenters. The Balaban J connectivity index is 1.64. The maximum Gasteiger partial charge on any atom is 0.191 e. The van der Waals surface area contributed by atoms with Crippen LogP contribution in [0.3, 0.4) is 0 Å². The lowest BCUT2D eigenvalue weighted by Crippen LogP contribution is -2.45. The number of aliphatic hydroxyl groups is 1. The molecule has 1 heterocycles. The van der Waals surface area contributed by atoms with Crippen LogP contribution in [-0.2, 0) is 6.54 Å². The first-order valence-corrected chi connectivity index (χ1v) is 9.15. The Hall–Kier alpha value is -2.41. The largest absolute Gasteiger partial charge is 0.393 e. The van der Waals surface area contributed by atoms with Crippen LogP contribution in [0, 0.1) is 5.82 Å². The molecular weight excluding hydrogens is 333 g/mol. The second-order valence-electron chi connectivity index (χ2n) is 6.60. The van der Waals surface area contributed by atoms with Crippen LogP contribution in [-0.4, -0.2) is 39.3 Å². The molecule has 2 aromatic rings. The summed E-state index contributed by atoms with van der Waals surface area (Å²) in [4.78, 5) is 8.52. The van der Waals surface area contributed by atoms with Crippen molar-refractivity contribution in [1.82, 2.24) is 20.2 Å². The van der Waals surface area contributed by atoms with Crippen LogP contribution in [0.25, 0.3) is 5.69 Å². The van der Waals surface area contributed by atoms with Crippen LogP contribution in [0.1, 0.15) is 38.2 Å². The Morgan fingerprint density at radius 1 is 1.35 bits per heavy atom. The van der Waals surface area contributed by atoms with Crippen LogP contribution in [0.5, 0.6) is 0 Å². The van der Waals surface area contributed by atoms with Gasteiger partial charge in [0, 0.05) is 25.0 Å². The topological polar surface area (TPSA) is 74.5 Å². The van der Waals surface area contributed by atoms with Crippen LogP contribution in [0.2, 0.25) is 0 Å². The smallest absolute Gasteiger partial charge is 0.191 e. The first-order valence-electron chi connectivity index (χ1n) is 9.15. The maximum absolute atomic E-state index is 14.3. The van der Waals surface area contributed by atoms with E-state index in [1.54, 1.807) is 29.4 Å². The van der Waals surface area contributed by atoms with Crippen molar-refractivity contribution in [2.75, 3.05) is 6.54 Å². The molecule has 0 unspecified atom stereocenters. The highest BCUT2D eigenvalue weighted by molar-refractivity contribution is 5.80. The molecule has 1 fully saturated rings. The summed E-state index contributed by atoms with van der Waals surface area (Å²) in [7, 11) is 0. The number of aromatic nitrogens is 2. The minimum Gasteiger partial charge on any atom is -0.393 e. The molecule has 1 aromatic carbocycles. The molecule has 1 aliphatic rings. The number of nitrogens with zero attached hydrogens (tertiary/aromatic N) is 3. The molecule has 0 amide bonds. The molecule has 6 nitrogen and oxygen atoms in total. The second-order valence-corrected chi connectivity index (χ2v) is 6.60. The van der Waals surface area contributed by atoms with Crippen molar-refractivity contribution in [1.29, 1.82) is 0 Å². The average Bonchev–Trinajstić information content (AvgIpc) is 3.16. The molecule has 26 heavy (non-hydrogen) atoms. The van der Waals surface area contributed by atoms with E-state index in [2.05, 4.69) is 20.6 Å². The fourth-order valence-electron chi connectivity index (χ4n) is 3.16. The first kappa shape index (κ1) is 18.4. The predicted octanol–water partition coefficient (Wildman–Crippen LogP) is 2.37. The van der Waals surface area contributed by atoms with E-state index in [1.807, 2.05) is 13.0 Å². The molecule has 3 rings (SSSR count). The van der Waals surface area contributed by atoms with Crippen molar-refractivity contribution in [3.63, 3.8) is 0 Å². The van der Waals surface area contributed by atoms with Gasteiger partial charge in [-0.25, -0.2) is 14.4 Å². The number of aliphatic hydroxyl groups excluding tert-OH is 1. The van der Waals surface area contributed by atoms with Gasteiger partial charge in [0.2, 0.25) is 0 Å². The van der Waals surface area contributed by atoms with E-state index >= 15 is 0 Å². The highest BCUT2D eigenvalue weighted by Gasteiger charge is 2.19. The quantitative estimate of drug-likeness (QED) is 0.566. The number of benzene rings is 1. The lowest BCUT2D eigenvalue weighted by Gasteiger charge is -2.27. The van der Waals surface area contributed by atoms with Gasteiger partial charge in [-0.2, -0.15) is 0 Å². The molecule has 1 aromatic heterocycles. The molecule has 0 spiro atoms. The zero-order valence-corrected chi connectivity index (χ0v) is 15.0. The molecule has 0 aliphatic heterocycles. The Labute approximate surface area is 153 Å². The molecule has 7 heteroatoms. The number of rotatable bonds is 5. The predicted molar refractivity (Wildman–Crippen MR) is 99.7 cm³/mol. The van der Waals surface area contributed by atoms with Gasteiger partial charge in [-0.3, -0.25) is 0 Å². The fraction of sp³-hybridized carbons (Fsp3) is 0.474. The van der Waals surface area contributed by atoms with E-state index in [9.17, 15) is 9.50 Å². The maximum atomic E-state index is 14.3. The monoisotopic (exact) mass is 359 g/mol. The molecule has 140 valence electrons. The van der Waals surface area contributed by atoms with E-state index in [4.69, 9.17) is 0 Å². The van der Waals surface area contributed by atoms with Gasteiger partial charge in [0.05, 0.1) is 24.7 Å². The number of imidazole rings is 1. The van der Waals surface area contributed by atoms with Crippen molar-refractivity contribution < 1.29 is 9.50 Å². The summed E-state index contributed by atoms with van der Waals surface area (Å²) in [6.45, 7) is 3.17. The third-order valence-corrected chi connectivity index (χ3v) is 4.60. The molecule has 3 N–H and O–H groups in total. The third-order valence-electron chi connectivity index (χ3n) is 4.60. The number of hydrogen-bond donors (Lipinski definition) is 3. The standard InChI is InChI=1S/C19H26FN5O/c1-2-22-19(24-15-4-6-16(26)7-5-15)23-12-14-3-8-18(17(20)11-14)25-10-9-21-13-25/h3,8-11,13,15-16,26H,2,4-7,12H2,1H3,(H2,22,23,24). The van der Waals surface area contributed by atoms with Crippen LogP contribution >= 0.6 is 0 Å². The molecule has 0 saturated heterocycles. The Kier molecular flexibility index (Phi) is 6.22. The van der Waals surface area contributed by atoms with Gasteiger partial charge in [-0.1, -0.05) is 6.07 Å². The molecular formula is C19H26FN5O. The van der Waals surface area contributed by atoms with Crippen molar-refractivity contribution >= 4 is 5.96 Å². The average molecular weight is 359 g/mol. The van der Waals surface area contributed by atoms with Crippen LogP contribution in [0.4, 0.5) is 4.39 Å². The summed E-state index contributed by atoms with van der Waals surface area (Å²) < 4.78 is 16.0. The lowest BCUT2D eigenvalue weighted by atomic mass is 9.93. The van der Waals surface area contributed by atoms with Crippen LogP contribution in [0.15, 0.2) is 41.9 Å². The number of hydrogen-bond acceptors (Lipinski definition) is 3. The van der Waals surface area contributed by atoms with Gasteiger partial charge in [-0.15, -0.1) is 0 Å². The first-order chi connectivity index (χ1) is 12.7. The normalized spacial score (nSPS) is 20.8. The van der Waals surface area contributed by atoms with E-state index < -0.39 is 0 Å². The van der Waals surface area contributed by atoms with E-state index in [0.29, 0.717) is 18.3 Å². The highest BCUT2D eigenvalue weighted by Crippen LogP contribution is 2.18. The third kappa shape index (κ3) is 4.82. The van der Waals surface area contributed by atoms with Crippen molar-refractivity contribution in [2.24, 2.45) is 4.99 Å². The Morgan fingerprint density at radius 2 is 2.15 bits per heavy atom. The molecule has 1 saturated carbocycles. The van der Waals surface area contributed by atoms with Gasteiger partial charge >= 0.3 is 0 Å². The summed E-state index contributed by atoms with van der Waals surface area (Å²) in [6.07, 6.45) is 8.23. The number of aliphatic imine (C=N–C) groups is 1. The number of halogens is 1. The van der Waals surface area contributed by atoms with Crippen LogP contribution < -0.4 is 10.6 Å². The SMILES string of the molecule is CCNC(=NCc1ccc(-n2ccnc2)c(F)c1)NC1CCC(O)CC1. The van der Waals surface area contributed by atoms with Crippen molar-refractivity contribution in [3.8, 4) is 5.69 Å². The molecule has 1 aliphatic carbocycles. The Morgan fingerprint density at radius 3 is 2.81 bits per heavy atom. The van der Waals surface area contributed by atoms with E-state index in [-0.39, 0.29) is 11.9 Å². The Bertz CT molecular complexity index is 724. The minimum atomic E-state index is -0.296. The fourth-order valence-corrected chi connectivity index (χ4v) is 3.16. The highest BCUT2D eigenvalue weighted by atomic mass is 19.1. The van der Waals surface area contributed by atoms with Gasteiger partial charge < -0.3 is 20.3 Å². The minimum absolute atomic E-state index is 0.176. The zero-order valence-electron chi connectivity index (χ0n) is 15.0. The number of nitrogens with one attached hydrogen (secondary N) is 2. The van der Waals surface area contributed by atoms with E-state index in [0.717, 1.165) is 43.8 Å². The number of guanidine groups is 1.